The van der Waals surface area contributed by atoms with Crippen LogP contribution in [0.5, 0.6) is 23.0 Å². The summed E-state index contributed by atoms with van der Waals surface area (Å²) in [4.78, 5) is 79.6. The standard InChI is InChI=1S/C25H34N4O3S.C16H22ClN3OS.C16H24N4OS.C10H21NO.C9H13NO2.C6H2Cl2N2S.C2H6.ClH/c1-6-7-12-25(3,13-10-17(2)30)29-23-22-20(11-14-33-22)27-24(28-23)26-16-18-8-9-19(31-4)15-21(18)32-5;2*1-4-5-8-16(3,9-6-11(2)21)20-14-13-12(7-10-22-13)18-15(17)19-14;1-4-5-7-10(3,11)8-6-9(2)12;1-11-8-4-3-7(6-10)9(5-8)12-2;7-5-4-3(1-2-11-4)9-6(8)10-5;1-2;/h8-9,11,14-15H,6-7,10,12-13,16H2,1-5H3,(H2,26,27,28,29);7,10H,4-6,8-9H2,1-3H3,(H,18,19,20);7,10H,4-6,8-9H2,1-3H3,(H3,17,18,19,20);4-8,11H2,1-3H3;3-5H,6,10H2,1-2H3;1-2H;1-2H3;1H/t25-;2*16-;10-;;;;/m1111..../s1. The van der Waals surface area contributed by atoms with Gasteiger partial charge in [0, 0.05) is 84.2 Å². The number of methoxy groups -OCH3 is 4. The van der Waals surface area contributed by atoms with E-state index in [4.69, 9.17) is 80.9 Å². The highest BCUT2D eigenvalue weighted by Gasteiger charge is 2.30. The Balaban J connectivity index is 0.000000371. The second-order valence-electron chi connectivity index (χ2n) is 28.8. The summed E-state index contributed by atoms with van der Waals surface area (Å²) >= 11 is 23.7. The molecule has 0 unspecified atom stereocenters. The summed E-state index contributed by atoms with van der Waals surface area (Å²) in [5.41, 5.74) is 22.0. The van der Waals surface area contributed by atoms with Crippen molar-refractivity contribution >= 4 is 186 Å². The van der Waals surface area contributed by atoms with Crippen LogP contribution in [0.25, 0.3) is 40.9 Å². The predicted octanol–water partition coefficient (Wildman–Crippen LogP) is 23.0. The number of nitrogens with one attached hydrogen (secondary N) is 4. The van der Waals surface area contributed by atoms with Crippen LogP contribution in [-0.2, 0) is 32.3 Å². The molecule has 0 aliphatic carbocycles. The van der Waals surface area contributed by atoms with Gasteiger partial charge in [0.1, 0.15) is 63.6 Å². The summed E-state index contributed by atoms with van der Waals surface area (Å²) < 4.78 is 24.9. The first-order chi connectivity index (χ1) is 54.3. The number of rotatable bonds is 38. The molecule has 0 fully saturated rings. The number of benzene rings is 2. The molecule has 0 bridgehead atoms. The van der Waals surface area contributed by atoms with Gasteiger partial charge in [0.25, 0.3) is 0 Å². The third-order valence-corrected chi connectivity index (χ3v) is 22.9. The Kier molecular flexibility index (Phi) is 46.3. The third kappa shape index (κ3) is 35.7. The predicted molar refractivity (Wildman–Crippen MR) is 488 cm³/mol. The number of carbonyl (C=O) groups excluding carboxylic acids is 4. The van der Waals surface area contributed by atoms with Crippen molar-refractivity contribution in [2.45, 2.75) is 261 Å². The van der Waals surface area contributed by atoms with Crippen LogP contribution >= 0.6 is 92.6 Å². The molecule has 0 radical (unpaired) electrons. The van der Waals surface area contributed by atoms with Crippen LogP contribution in [0.2, 0.25) is 15.7 Å². The van der Waals surface area contributed by atoms with Gasteiger partial charge in [0.2, 0.25) is 22.5 Å². The molecule has 0 spiro atoms. The van der Waals surface area contributed by atoms with Gasteiger partial charge in [-0.05, 0) is 194 Å². The van der Waals surface area contributed by atoms with E-state index in [0.29, 0.717) is 49.9 Å². The number of nitrogens with zero attached hydrogens (tertiary/aromatic N) is 8. The zero-order chi connectivity index (χ0) is 84.6. The first kappa shape index (κ1) is 102. The average Bonchev–Trinajstić information content (AvgIpc) is 1.72. The highest BCUT2D eigenvalue weighted by atomic mass is 35.5. The lowest BCUT2D eigenvalue weighted by Gasteiger charge is -2.31. The van der Waals surface area contributed by atoms with Gasteiger partial charge in [-0.3, -0.25) is 0 Å². The van der Waals surface area contributed by atoms with Gasteiger partial charge >= 0.3 is 0 Å². The fourth-order valence-corrected chi connectivity index (χ4v) is 15.5. The molecule has 0 aliphatic heterocycles. The van der Waals surface area contributed by atoms with Crippen molar-refractivity contribution in [3.8, 4) is 23.0 Å². The molecule has 115 heavy (non-hydrogen) atoms. The fourth-order valence-electron chi connectivity index (χ4n) is 11.7. The number of nitrogens with two attached hydrogens (primary N) is 3. The Bertz CT molecular complexity index is 4470. The highest BCUT2D eigenvalue weighted by molar-refractivity contribution is 7.18. The van der Waals surface area contributed by atoms with Crippen LogP contribution in [0.15, 0.2) is 82.2 Å². The number of hydrogen-bond acceptors (Lipinski definition) is 27. The third-order valence-electron chi connectivity index (χ3n) is 18.5. The number of thiophene rings is 4. The number of anilines is 5. The molecule has 10 N–H and O–H groups in total. The minimum Gasteiger partial charge on any atom is -0.497 e. The smallest absolute Gasteiger partial charge is 0.225 e. The first-order valence-corrected chi connectivity index (χ1v) is 43.7. The highest BCUT2D eigenvalue weighted by Crippen LogP contribution is 2.37. The molecule has 31 heteroatoms. The van der Waals surface area contributed by atoms with Crippen molar-refractivity contribution in [1.82, 2.24) is 39.9 Å². The Morgan fingerprint density at radius 1 is 0.443 bits per heavy atom. The molecule has 10 rings (SSSR count). The number of halogens is 4. The van der Waals surface area contributed by atoms with Crippen molar-refractivity contribution in [3.05, 3.63) is 109 Å². The topological polar surface area (TPSA) is 334 Å². The number of carbonyl (C=O) groups is 4. The second kappa shape index (κ2) is 52.4. The monoisotopic (exact) mass is 1740 g/mol. The number of ketones is 4. The van der Waals surface area contributed by atoms with Crippen LogP contribution in [0, 0.1) is 0 Å². The van der Waals surface area contributed by atoms with Gasteiger partial charge in [0.15, 0.2) is 5.15 Å². The zero-order valence-corrected chi connectivity index (χ0v) is 76.7. The number of Topliss-reactive ketones (excluding diaryl/α,β-unsaturated/α-hetero) is 4. The number of unbranched alkanes of at least 4 members (excludes halogenated alkanes) is 4. The molecule has 2 aromatic carbocycles. The zero-order valence-electron chi connectivity index (χ0n) is 70.4. The summed E-state index contributed by atoms with van der Waals surface area (Å²) in [5.74, 6) is 7.10. The van der Waals surface area contributed by atoms with E-state index in [1.54, 1.807) is 90.1 Å². The Labute approximate surface area is 718 Å². The van der Waals surface area contributed by atoms with Crippen molar-refractivity contribution in [3.63, 3.8) is 0 Å². The molecule has 0 aliphatic rings. The number of ether oxygens (including phenoxy) is 4. The Morgan fingerprint density at radius 2 is 0.800 bits per heavy atom. The Hall–Kier alpha value is -7.44. The number of fused-ring (bicyclic) bond motifs is 4. The van der Waals surface area contributed by atoms with Crippen molar-refractivity contribution in [2.24, 2.45) is 11.5 Å². The lowest BCUT2D eigenvalue weighted by atomic mass is 9.89. The van der Waals surface area contributed by atoms with E-state index in [-0.39, 0.29) is 74.2 Å². The van der Waals surface area contributed by atoms with E-state index in [9.17, 15) is 19.2 Å². The first-order valence-electron chi connectivity index (χ1n) is 39.0. The maximum absolute atomic E-state index is 11.7. The SMILES string of the molecule is CC.CCCC[C@@](C)(N)CCC(C)=O.CCCC[C@](C)(CCC(C)=O)Nc1nc(Cl)nc2ccsc12.CCCC[C@](C)(CCC(C)=O)Nc1nc(N)nc2ccsc12.CCCC[C@](C)(CCC(C)=O)Nc1nc(NCc2ccc(OC)cc2OC)nc2ccsc12.COc1ccc(CN)c(OC)c1.Cl.Clc1nc(Cl)c2sccc2n1. The molecule has 4 atom stereocenters. The molecule has 8 heterocycles. The molecule has 0 saturated heterocycles. The van der Waals surface area contributed by atoms with Gasteiger partial charge in [-0.15, -0.1) is 57.8 Å². The summed E-state index contributed by atoms with van der Waals surface area (Å²) in [6.45, 7) is 28.7. The van der Waals surface area contributed by atoms with Crippen molar-refractivity contribution in [2.75, 3.05) is 55.4 Å². The van der Waals surface area contributed by atoms with Gasteiger partial charge in [-0.2, -0.15) is 15.0 Å². The van der Waals surface area contributed by atoms with E-state index >= 15 is 0 Å². The van der Waals surface area contributed by atoms with Crippen LogP contribution in [-0.4, -0.2) is 114 Å². The summed E-state index contributed by atoms with van der Waals surface area (Å²) in [6.07, 6.45) is 18.4. The number of nitrogen functional groups attached to an aromatic ring is 1. The summed E-state index contributed by atoms with van der Waals surface area (Å²) in [7, 11) is 6.52. The summed E-state index contributed by atoms with van der Waals surface area (Å²) in [5, 5.41) is 22.9. The Morgan fingerprint density at radius 3 is 1.21 bits per heavy atom. The van der Waals surface area contributed by atoms with E-state index in [1.165, 1.54) is 17.8 Å². The molecule has 23 nitrogen and oxygen atoms in total. The molecular weight excluding hydrogens is 1620 g/mol. The molecule has 8 aromatic heterocycles. The van der Waals surface area contributed by atoms with Gasteiger partial charge in [-0.25, -0.2) is 24.9 Å². The molecule has 10 aromatic rings. The van der Waals surface area contributed by atoms with E-state index in [2.05, 4.69) is 99.6 Å². The van der Waals surface area contributed by atoms with Crippen LogP contribution in [0.4, 0.5) is 29.4 Å². The largest absolute Gasteiger partial charge is 0.497 e. The summed E-state index contributed by atoms with van der Waals surface area (Å²) in [6, 6.07) is 19.1. The van der Waals surface area contributed by atoms with E-state index < -0.39 is 0 Å². The fraction of sp³-hybridized carbons (Fsp3) is 0.524. The van der Waals surface area contributed by atoms with Crippen LogP contribution < -0.4 is 57.4 Å². The normalized spacial score (nSPS) is 12.8. The quantitative estimate of drug-likeness (QED) is 0.0140. The molecule has 0 saturated carbocycles. The molecule has 0 amide bonds. The number of hydrogen-bond donors (Lipinski definition) is 7. The van der Waals surface area contributed by atoms with Gasteiger partial charge < -0.3 is 76.6 Å². The number of aromatic nitrogens is 8. The van der Waals surface area contributed by atoms with Crippen LogP contribution in [0.1, 0.15) is 236 Å². The van der Waals surface area contributed by atoms with Crippen LogP contribution in [0.3, 0.4) is 0 Å². The van der Waals surface area contributed by atoms with E-state index in [1.807, 2.05) is 103 Å². The second-order valence-corrected chi connectivity index (χ2v) is 33.5. The van der Waals surface area contributed by atoms with Crippen molar-refractivity contribution < 1.29 is 38.1 Å². The van der Waals surface area contributed by atoms with Gasteiger partial charge in [0.05, 0.1) is 69.3 Å². The maximum Gasteiger partial charge on any atom is 0.225 e. The lowest BCUT2D eigenvalue weighted by Crippen LogP contribution is -2.36. The minimum atomic E-state index is -0.219. The average molecular weight is 1740 g/mol. The maximum atomic E-state index is 11.7. The van der Waals surface area contributed by atoms with Gasteiger partial charge in [-0.1, -0.05) is 111 Å². The van der Waals surface area contributed by atoms with E-state index in [0.717, 1.165) is 189 Å². The lowest BCUT2D eigenvalue weighted by molar-refractivity contribution is -0.118. The van der Waals surface area contributed by atoms with Crippen molar-refractivity contribution in [1.29, 1.82) is 0 Å². The molecule has 634 valence electrons. The minimum absolute atomic E-state index is 0. The molecular formula is C84H123Cl4N15O8S4.